The summed E-state index contributed by atoms with van der Waals surface area (Å²) in [5.41, 5.74) is 6.85. The maximum Gasteiger partial charge on any atom is 0.118 e. The second kappa shape index (κ2) is 8.54. The molecular formula is C21H19BrN2O2. The summed E-state index contributed by atoms with van der Waals surface area (Å²) < 4.78 is 11.5. The maximum atomic E-state index is 5.25. The van der Waals surface area contributed by atoms with Gasteiger partial charge in [0.15, 0.2) is 0 Å². The highest BCUT2D eigenvalue weighted by atomic mass is 79.9. The monoisotopic (exact) mass is 410 g/mol. The van der Waals surface area contributed by atoms with Gasteiger partial charge in [-0.3, -0.25) is 5.43 Å². The summed E-state index contributed by atoms with van der Waals surface area (Å²) in [6.45, 7) is 0. The predicted molar refractivity (Wildman–Crippen MR) is 109 cm³/mol. The first kappa shape index (κ1) is 18.0. The van der Waals surface area contributed by atoms with Crippen molar-refractivity contribution in [3.63, 3.8) is 0 Å². The van der Waals surface area contributed by atoms with Gasteiger partial charge in [0.05, 0.1) is 25.6 Å². The van der Waals surface area contributed by atoms with Crippen LogP contribution in [0.1, 0.15) is 11.1 Å². The van der Waals surface area contributed by atoms with Crippen molar-refractivity contribution in [2.45, 2.75) is 0 Å². The van der Waals surface area contributed by atoms with E-state index in [1.54, 1.807) is 14.2 Å². The van der Waals surface area contributed by atoms with Crippen LogP contribution < -0.4 is 14.9 Å². The number of nitrogens with one attached hydrogen (secondary N) is 1. The fourth-order valence-electron chi connectivity index (χ4n) is 2.44. The highest BCUT2D eigenvalue weighted by Gasteiger charge is 2.08. The van der Waals surface area contributed by atoms with Crippen LogP contribution in [-0.2, 0) is 0 Å². The van der Waals surface area contributed by atoms with Gasteiger partial charge in [0.1, 0.15) is 11.5 Å². The molecule has 1 N–H and O–H groups in total. The number of hydrogen-bond donors (Lipinski definition) is 1. The highest BCUT2D eigenvalue weighted by Crippen LogP contribution is 2.20. The zero-order chi connectivity index (χ0) is 18.4. The Hall–Kier alpha value is -2.79. The molecule has 4 nitrogen and oxygen atoms in total. The summed E-state index contributed by atoms with van der Waals surface area (Å²) in [5.74, 6) is 1.62. The van der Waals surface area contributed by atoms with Gasteiger partial charge in [-0.05, 0) is 72.8 Å². The summed E-state index contributed by atoms with van der Waals surface area (Å²) in [7, 11) is 3.31. The molecule has 3 rings (SSSR count). The minimum absolute atomic E-state index is 0.809. The molecule has 0 saturated heterocycles. The molecule has 0 bridgehead atoms. The first-order valence-corrected chi connectivity index (χ1v) is 8.87. The van der Waals surface area contributed by atoms with Crippen LogP contribution in [0.3, 0.4) is 0 Å². The molecule has 0 heterocycles. The molecule has 0 radical (unpaired) electrons. The minimum Gasteiger partial charge on any atom is -0.497 e. The Morgan fingerprint density at radius 2 is 1.19 bits per heavy atom. The van der Waals surface area contributed by atoms with Gasteiger partial charge in [-0.25, -0.2) is 0 Å². The SMILES string of the molecule is COc1ccc(C(=NNc2ccc(Br)cc2)c2ccc(OC)cc2)cc1. The Morgan fingerprint density at radius 1 is 0.731 bits per heavy atom. The summed E-state index contributed by atoms with van der Waals surface area (Å²) in [5, 5.41) is 4.64. The number of benzene rings is 3. The van der Waals surface area contributed by atoms with E-state index in [4.69, 9.17) is 9.47 Å². The van der Waals surface area contributed by atoms with E-state index < -0.39 is 0 Å². The van der Waals surface area contributed by atoms with E-state index in [1.165, 1.54) is 0 Å². The lowest BCUT2D eigenvalue weighted by molar-refractivity contribution is 0.414. The van der Waals surface area contributed by atoms with Gasteiger partial charge in [-0.2, -0.15) is 5.10 Å². The average molecular weight is 411 g/mol. The van der Waals surface area contributed by atoms with Crippen molar-refractivity contribution in [2.24, 2.45) is 5.10 Å². The van der Waals surface area contributed by atoms with E-state index in [0.29, 0.717) is 0 Å². The Balaban J connectivity index is 1.96. The fraction of sp³-hybridized carbons (Fsp3) is 0.0952. The number of nitrogens with zero attached hydrogens (tertiary/aromatic N) is 1. The Bertz CT molecular complexity index is 824. The molecular weight excluding hydrogens is 392 g/mol. The van der Waals surface area contributed by atoms with Crippen LogP contribution in [0.5, 0.6) is 11.5 Å². The lowest BCUT2D eigenvalue weighted by atomic mass is 10.0. The number of methoxy groups -OCH3 is 2. The van der Waals surface area contributed by atoms with E-state index in [-0.39, 0.29) is 0 Å². The van der Waals surface area contributed by atoms with Gasteiger partial charge >= 0.3 is 0 Å². The second-order valence-electron chi connectivity index (χ2n) is 5.54. The molecule has 0 aromatic heterocycles. The van der Waals surface area contributed by atoms with E-state index in [1.807, 2.05) is 72.8 Å². The molecule has 0 amide bonds. The van der Waals surface area contributed by atoms with Crippen LogP contribution in [-0.4, -0.2) is 19.9 Å². The number of rotatable bonds is 6. The number of ether oxygens (including phenoxy) is 2. The third-order valence-corrected chi connectivity index (χ3v) is 4.40. The highest BCUT2D eigenvalue weighted by molar-refractivity contribution is 9.10. The third-order valence-electron chi connectivity index (χ3n) is 3.87. The molecule has 5 heteroatoms. The van der Waals surface area contributed by atoms with Gasteiger partial charge in [-0.1, -0.05) is 15.9 Å². The van der Waals surface area contributed by atoms with Crippen molar-refractivity contribution in [2.75, 3.05) is 19.6 Å². The lowest BCUT2D eigenvalue weighted by Gasteiger charge is -2.10. The standard InChI is InChI=1S/C21H19BrN2O2/c1-25-19-11-3-15(4-12-19)21(16-5-13-20(26-2)14-6-16)24-23-18-9-7-17(22)8-10-18/h3-14,23H,1-2H3. The van der Waals surface area contributed by atoms with Crippen LogP contribution >= 0.6 is 15.9 Å². The van der Waals surface area contributed by atoms with Crippen molar-refractivity contribution in [1.29, 1.82) is 0 Å². The summed E-state index contributed by atoms with van der Waals surface area (Å²) in [4.78, 5) is 0. The quantitative estimate of drug-likeness (QED) is 0.440. The van der Waals surface area contributed by atoms with E-state index in [2.05, 4.69) is 26.5 Å². The summed E-state index contributed by atoms with van der Waals surface area (Å²) >= 11 is 3.44. The third kappa shape index (κ3) is 4.43. The van der Waals surface area contributed by atoms with Crippen molar-refractivity contribution in [3.05, 3.63) is 88.4 Å². The van der Waals surface area contributed by atoms with Gasteiger partial charge in [-0.15, -0.1) is 0 Å². The Labute approximate surface area is 161 Å². The van der Waals surface area contributed by atoms with E-state index in [0.717, 1.165) is 38.5 Å². The molecule has 0 fully saturated rings. The Morgan fingerprint density at radius 3 is 1.62 bits per heavy atom. The van der Waals surface area contributed by atoms with Crippen LogP contribution in [0.2, 0.25) is 0 Å². The molecule has 0 aliphatic rings. The number of halogens is 1. The molecule has 0 aliphatic carbocycles. The normalized spacial score (nSPS) is 10.1. The van der Waals surface area contributed by atoms with Crippen molar-refractivity contribution in [1.82, 2.24) is 0 Å². The molecule has 3 aromatic rings. The summed E-state index contributed by atoms with van der Waals surface area (Å²) in [6, 6.07) is 23.5. The number of hydrogen-bond acceptors (Lipinski definition) is 4. The van der Waals surface area contributed by atoms with Crippen LogP contribution in [0, 0.1) is 0 Å². The minimum atomic E-state index is 0.809. The topological polar surface area (TPSA) is 42.8 Å². The van der Waals surface area contributed by atoms with E-state index >= 15 is 0 Å². The van der Waals surface area contributed by atoms with Crippen molar-refractivity contribution >= 4 is 27.3 Å². The molecule has 0 aliphatic heterocycles. The van der Waals surface area contributed by atoms with Crippen molar-refractivity contribution in [3.8, 4) is 11.5 Å². The first-order valence-electron chi connectivity index (χ1n) is 8.08. The van der Waals surface area contributed by atoms with Gasteiger partial charge in [0.25, 0.3) is 0 Å². The van der Waals surface area contributed by atoms with Crippen LogP contribution in [0.4, 0.5) is 5.69 Å². The molecule has 132 valence electrons. The van der Waals surface area contributed by atoms with Gasteiger partial charge in [0, 0.05) is 15.6 Å². The molecule has 0 unspecified atom stereocenters. The first-order chi connectivity index (χ1) is 12.7. The number of hydrazone groups is 1. The Kier molecular flexibility index (Phi) is 5.92. The number of anilines is 1. The predicted octanol–water partition coefficient (Wildman–Crippen LogP) is 5.33. The molecule has 26 heavy (non-hydrogen) atoms. The lowest BCUT2D eigenvalue weighted by Crippen LogP contribution is -2.06. The molecule has 0 atom stereocenters. The summed E-state index contributed by atoms with van der Waals surface area (Å²) in [6.07, 6.45) is 0. The second-order valence-corrected chi connectivity index (χ2v) is 6.45. The smallest absolute Gasteiger partial charge is 0.118 e. The fourth-order valence-corrected chi connectivity index (χ4v) is 2.70. The van der Waals surface area contributed by atoms with Gasteiger partial charge in [0.2, 0.25) is 0 Å². The molecule has 0 spiro atoms. The van der Waals surface area contributed by atoms with Crippen LogP contribution in [0.15, 0.2) is 82.4 Å². The maximum absolute atomic E-state index is 5.25. The zero-order valence-corrected chi connectivity index (χ0v) is 16.2. The molecule has 0 saturated carbocycles. The van der Waals surface area contributed by atoms with Crippen molar-refractivity contribution < 1.29 is 9.47 Å². The average Bonchev–Trinajstić information content (AvgIpc) is 2.70. The zero-order valence-electron chi connectivity index (χ0n) is 14.6. The van der Waals surface area contributed by atoms with E-state index in [9.17, 15) is 0 Å². The largest absolute Gasteiger partial charge is 0.497 e. The molecule has 3 aromatic carbocycles. The van der Waals surface area contributed by atoms with Gasteiger partial charge < -0.3 is 9.47 Å². The van der Waals surface area contributed by atoms with Crippen LogP contribution in [0.25, 0.3) is 0 Å².